The molecule has 104 valence electrons. The first-order valence-electron chi connectivity index (χ1n) is 6.36. The van der Waals surface area contributed by atoms with Gasteiger partial charge < -0.3 is 9.67 Å². The van der Waals surface area contributed by atoms with Crippen LogP contribution in [0.3, 0.4) is 0 Å². The number of hydrogen-bond donors (Lipinski definition) is 1. The summed E-state index contributed by atoms with van der Waals surface area (Å²) in [6.45, 7) is 0.677. The number of halogens is 2. The predicted octanol–water partition coefficient (Wildman–Crippen LogP) is 3.49. The van der Waals surface area contributed by atoms with Gasteiger partial charge in [-0.15, -0.1) is 0 Å². The molecule has 1 aliphatic rings. The maximum Gasteiger partial charge on any atom is 0.356 e. The number of aromatic nitrogens is 2. The van der Waals surface area contributed by atoms with E-state index in [1.807, 2.05) is 4.57 Å². The summed E-state index contributed by atoms with van der Waals surface area (Å²) in [7, 11) is 0. The molecule has 0 fully saturated rings. The van der Waals surface area contributed by atoms with E-state index in [1.54, 1.807) is 12.1 Å². The molecule has 2 heterocycles. The molecule has 0 unspecified atom stereocenters. The lowest BCUT2D eigenvalue weighted by Gasteiger charge is -2.17. The number of imidazole rings is 1. The largest absolute Gasteiger partial charge is 0.476 e. The first-order chi connectivity index (χ1) is 9.58. The number of carboxylic acids is 1. The topological polar surface area (TPSA) is 55.1 Å². The van der Waals surface area contributed by atoms with Crippen molar-refractivity contribution in [3.63, 3.8) is 0 Å². The molecule has 0 atom stereocenters. The van der Waals surface area contributed by atoms with Crippen molar-refractivity contribution in [2.24, 2.45) is 0 Å². The molecule has 0 saturated carbocycles. The lowest BCUT2D eigenvalue weighted by atomic mass is 10.1. The maximum atomic E-state index is 14.0. The van der Waals surface area contributed by atoms with Crippen molar-refractivity contribution in [1.82, 2.24) is 9.55 Å². The van der Waals surface area contributed by atoms with Crippen LogP contribution >= 0.6 is 15.9 Å². The average Bonchev–Trinajstić information content (AvgIpc) is 2.81. The molecule has 3 rings (SSSR count). The van der Waals surface area contributed by atoms with E-state index in [4.69, 9.17) is 0 Å². The smallest absolute Gasteiger partial charge is 0.356 e. The van der Waals surface area contributed by atoms with Gasteiger partial charge in [-0.3, -0.25) is 0 Å². The molecule has 2 aromatic rings. The Bertz CT molecular complexity index is 697. The van der Waals surface area contributed by atoms with Crippen molar-refractivity contribution in [3.8, 4) is 11.4 Å². The zero-order chi connectivity index (χ0) is 14.3. The number of carbonyl (C=O) groups is 1. The van der Waals surface area contributed by atoms with Crippen LogP contribution in [0, 0.1) is 5.82 Å². The summed E-state index contributed by atoms with van der Waals surface area (Å²) >= 11 is 3.31. The Morgan fingerprint density at radius 2 is 2.20 bits per heavy atom. The quantitative estimate of drug-likeness (QED) is 0.911. The number of rotatable bonds is 2. The highest BCUT2D eigenvalue weighted by Gasteiger charge is 2.25. The summed E-state index contributed by atoms with van der Waals surface area (Å²) in [4.78, 5) is 15.5. The molecular formula is C14H12BrFN2O2. The number of nitrogens with zero attached hydrogens (tertiary/aromatic N) is 2. The van der Waals surface area contributed by atoms with Crippen molar-refractivity contribution in [1.29, 1.82) is 0 Å². The molecule has 0 amide bonds. The molecule has 0 aliphatic carbocycles. The fourth-order valence-electron chi connectivity index (χ4n) is 2.59. The summed E-state index contributed by atoms with van der Waals surface area (Å²) in [6, 6.07) is 4.59. The van der Waals surface area contributed by atoms with E-state index in [-0.39, 0.29) is 5.69 Å². The van der Waals surface area contributed by atoms with Gasteiger partial charge in [-0.25, -0.2) is 14.2 Å². The van der Waals surface area contributed by atoms with Crippen molar-refractivity contribution >= 4 is 21.9 Å². The second-order valence-electron chi connectivity index (χ2n) is 4.77. The number of benzene rings is 1. The van der Waals surface area contributed by atoms with Crippen LogP contribution in [0.4, 0.5) is 4.39 Å². The van der Waals surface area contributed by atoms with Crippen LogP contribution in [0.2, 0.25) is 0 Å². The van der Waals surface area contributed by atoms with E-state index in [9.17, 15) is 14.3 Å². The van der Waals surface area contributed by atoms with Crippen LogP contribution in [-0.4, -0.2) is 20.6 Å². The molecule has 4 nitrogen and oxygen atoms in total. The molecule has 1 aromatic heterocycles. The van der Waals surface area contributed by atoms with E-state index >= 15 is 0 Å². The standard InChI is InChI=1S/C14H12BrFN2O2/c15-8-4-5-10(16)9(7-8)13-17-12(14(19)20)11-3-1-2-6-18(11)13/h4-5,7H,1-3,6H2,(H,19,20). The minimum absolute atomic E-state index is 0.0408. The van der Waals surface area contributed by atoms with Crippen molar-refractivity contribution in [3.05, 3.63) is 39.9 Å². The lowest BCUT2D eigenvalue weighted by molar-refractivity contribution is 0.0689. The molecule has 1 aliphatic heterocycles. The third-order valence-electron chi connectivity index (χ3n) is 3.49. The SMILES string of the molecule is O=C(O)c1nc(-c2cc(Br)ccc2F)n2c1CCCC2. The Labute approximate surface area is 123 Å². The summed E-state index contributed by atoms with van der Waals surface area (Å²) in [5, 5.41) is 9.25. The first kappa shape index (κ1) is 13.3. The fraction of sp³-hybridized carbons (Fsp3) is 0.286. The zero-order valence-electron chi connectivity index (χ0n) is 10.6. The molecule has 0 radical (unpaired) electrons. The van der Waals surface area contributed by atoms with Crippen LogP contribution in [0.5, 0.6) is 0 Å². The molecule has 0 bridgehead atoms. The van der Waals surface area contributed by atoms with Gasteiger partial charge in [-0.2, -0.15) is 0 Å². The lowest BCUT2D eigenvalue weighted by Crippen LogP contribution is -2.13. The first-order valence-corrected chi connectivity index (χ1v) is 7.15. The normalized spacial score (nSPS) is 14.1. The fourth-order valence-corrected chi connectivity index (χ4v) is 2.95. The van der Waals surface area contributed by atoms with E-state index in [2.05, 4.69) is 20.9 Å². The number of fused-ring (bicyclic) bond motifs is 1. The Morgan fingerprint density at radius 3 is 2.95 bits per heavy atom. The second kappa shape index (κ2) is 5.01. The highest BCUT2D eigenvalue weighted by atomic mass is 79.9. The summed E-state index contributed by atoms with van der Waals surface area (Å²) < 4.78 is 16.6. The molecule has 0 saturated heterocycles. The second-order valence-corrected chi connectivity index (χ2v) is 5.68. The van der Waals surface area contributed by atoms with Gasteiger partial charge in [0.05, 0.1) is 11.3 Å². The van der Waals surface area contributed by atoms with E-state index in [1.165, 1.54) is 6.07 Å². The number of aromatic carboxylic acids is 1. The van der Waals surface area contributed by atoms with Gasteiger partial charge in [-0.1, -0.05) is 15.9 Å². The summed E-state index contributed by atoms with van der Waals surface area (Å²) in [6.07, 6.45) is 2.56. The van der Waals surface area contributed by atoms with E-state index in [0.717, 1.165) is 17.3 Å². The molecule has 20 heavy (non-hydrogen) atoms. The highest BCUT2D eigenvalue weighted by molar-refractivity contribution is 9.10. The Kier molecular flexibility index (Phi) is 3.33. The highest BCUT2D eigenvalue weighted by Crippen LogP contribution is 2.30. The van der Waals surface area contributed by atoms with Crippen LogP contribution < -0.4 is 0 Å². The van der Waals surface area contributed by atoms with E-state index in [0.29, 0.717) is 30.0 Å². The molecule has 1 aromatic carbocycles. The molecule has 0 spiro atoms. The van der Waals surface area contributed by atoms with E-state index < -0.39 is 11.8 Å². The Balaban J connectivity index is 2.23. The monoisotopic (exact) mass is 338 g/mol. The average molecular weight is 339 g/mol. The molecule has 6 heteroatoms. The summed E-state index contributed by atoms with van der Waals surface area (Å²) in [5.74, 6) is -1.06. The number of carboxylic acid groups (broad SMARTS) is 1. The van der Waals surface area contributed by atoms with Crippen LogP contribution in [0.25, 0.3) is 11.4 Å². The minimum atomic E-state index is -1.06. The zero-order valence-corrected chi connectivity index (χ0v) is 12.2. The third-order valence-corrected chi connectivity index (χ3v) is 3.98. The van der Waals surface area contributed by atoms with Gasteiger partial charge in [0.25, 0.3) is 0 Å². The van der Waals surface area contributed by atoms with Crippen molar-refractivity contribution in [2.45, 2.75) is 25.8 Å². The van der Waals surface area contributed by atoms with Gasteiger partial charge in [0.15, 0.2) is 5.69 Å². The summed E-state index contributed by atoms with van der Waals surface area (Å²) in [5.41, 5.74) is 1.06. The van der Waals surface area contributed by atoms with Gasteiger partial charge in [0.2, 0.25) is 0 Å². The number of hydrogen-bond acceptors (Lipinski definition) is 2. The van der Waals surface area contributed by atoms with Gasteiger partial charge in [0.1, 0.15) is 11.6 Å². The predicted molar refractivity (Wildman–Crippen MR) is 75.2 cm³/mol. The van der Waals surface area contributed by atoms with Gasteiger partial charge in [-0.05, 0) is 37.5 Å². The minimum Gasteiger partial charge on any atom is -0.476 e. The third kappa shape index (κ3) is 2.14. The Hall–Kier alpha value is -1.69. The van der Waals surface area contributed by atoms with Crippen LogP contribution in [0.1, 0.15) is 29.0 Å². The Morgan fingerprint density at radius 1 is 1.40 bits per heavy atom. The molecule has 1 N–H and O–H groups in total. The van der Waals surface area contributed by atoms with Gasteiger partial charge >= 0.3 is 5.97 Å². The van der Waals surface area contributed by atoms with Crippen LogP contribution in [-0.2, 0) is 13.0 Å². The maximum absolute atomic E-state index is 14.0. The molecular weight excluding hydrogens is 327 g/mol. The van der Waals surface area contributed by atoms with Crippen molar-refractivity contribution < 1.29 is 14.3 Å². The van der Waals surface area contributed by atoms with Gasteiger partial charge in [0, 0.05) is 11.0 Å². The van der Waals surface area contributed by atoms with Crippen LogP contribution in [0.15, 0.2) is 22.7 Å². The van der Waals surface area contributed by atoms with Crippen molar-refractivity contribution in [2.75, 3.05) is 0 Å².